The molecule has 1 atom stereocenters. The zero-order valence-electron chi connectivity index (χ0n) is 12.9. The van der Waals surface area contributed by atoms with Gasteiger partial charge in [0.15, 0.2) is 0 Å². The molecule has 2 heteroatoms. The van der Waals surface area contributed by atoms with Crippen LogP contribution < -0.4 is 5.73 Å². The van der Waals surface area contributed by atoms with Crippen LogP contribution in [-0.2, 0) is 6.54 Å². The zero-order chi connectivity index (χ0) is 15.4. The smallest absolute Gasteiger partial charge is 0.0477 e. The van der Waals surface area contributed by atoms with Crippen molar-refractivity contribution < 1.29 is 0 Å². The number of nitrogens with zero attached hydrogens (tertiary/aromatic N) is 1. The number of rotatable bonds is 5. The van der Waals surface area contributed by atoms with Gasteiger partial charge in [0.25, 0.3) is 0 Å². The number of fused-ring (bicyclic) bond motifs is 1. The fourth-order valence-electron chi connectivity index (χ4n) is 3.07. The summed E-state index contributed by atoms with van der Waals surface area (Å²) in [4.78, 5) is 2.33. The van der Waals surface area contributed by atoms with E-state index in [1.807, 2.05) is 0 Å². The van der Waals surface area contributed by atoms with Gasteiger partial charge in [-0.1, -0.05) is 72.8 Å². The minimum absolute atomic E-state index is 0.214. The lowest BCUT2D eigenvalue weighted by molar-refractivity contribution is 0.243. The minimum Gasteiger partial charge on any atom is -0.329 e. The largest absolute Gasteiger partial charge is 0.329 e. The van der Waals surface area contributed by atoms with Crippen LogP contribution in [0.2, 0.25) is 0 Å². The van der Waals surface area contributed by atoms with Crippen molar-refractivity contribution in [3.8, 4) is 0 Å². The first-order valence-electron chi connectivity index (χ1n) is 7.71. The van der Waals surface area contributed by atoms with Crippen molar-refractivity contribution in [2.75, 3.05) is 13.6 Å². The summed E-state index contributed by atoms with van der Waals surface area (Å²) in [5.74, 6) is 0. The quantitative estimate of drug-likeness (QED) is 0.770. The molecule has 1 unspecified atom stereocenters. The van der Waals surface area contributed by atoms with Crippen molar-refractivity contribution in [2.45, 2.75) is 12.6 Å². The van der Waals surface area contributed by atoms with Crippen LogP contribution in [0.25, 0.3) is 10.8 Å². The Morgan fingerprint density at radius 1 is 0.864 bits per heavy atom. The van der Waals surface area contributed by atoms with E-state index in [-0.39, 0.29) is 6.04 Å². The van der Waals surface area contributed by atoms with Gasteiger partial charge in [0.1, 0.15) is 0 Å². The summed E-state index contributed by atoms with van der Waals surface area (Å²) < 4.78 is 0. The molecule has 3 aromatic rings. The highest BCUT2D eigenvalue weighted by Crippen LogP contribution is 2.27. The molecule has 0 saturated heterocycles. The fourth-order valence-corrected chi connectivity index (χ4v) is 3.07. The third-order valence-electron chi connectivity index (χ3n) is 4.21. The standard InChI is InChI=1S/C20H22N2/c1-22(15-16-8-3-2-4-9-16)20(14-21)19-13-7-11-17-10-5-6-12-18(17)19/h2-13,20H,14-15,21H2,1H3. The van der Waals surface area contributed by atoms with E-state index in [0.29, 0.717) is 6.54 Å². The molecular formula is C20H22N2. The second-order valence-corrected chi connectivity index (χ2v) is 5.72. The second-order valence-electron chi connectivity index (χ2n) is 5.72. The summed E-state index contributed by atoms with van der Waals surface area (Å²) in [5, 5.41) is 2.56. The molecule has 0 heterocycles. The lowest BCUT2D eigenvalue weighted by atomic mass is 9.97. The SMILES string of the molecule is CN(Cc1ccccc1)C(CN)c1cccc2ccccc12. The van der Waals surface area contributed by atoms with Crippen LogP contribution in [0, 0.1) is 0 Å². The molecule has 0 aliphatic heterocycles. The summed E-state index contributed by atoms with van der Waals surface area (Å²) >= 11 is 0. The van der Waals surface area contributed by atoms with E-state index in [2.05, 4.69) is 84.7 Å². The van der Waals surface area contributed by atoms with E-state index in [1.165, 1.54) is 21.9 Å². The van der Waals surface area contributed by atoms with Gasteiger partial charge in [-0.05, 0) is 28.9 Å². The summed E-state index contributed by atoms with van der Waals surface area (Å²) in [6.07, 6.45) is 0. The lowest BCUT2D eigenvalue weighted by Gasteiger charge is -2.28. The van der Waals surface area contributed by atoms with E-state index in [4.69, 9.17) is 5.73 Å². The van der Waals surface area contributed by atoms with Crippen LogP contribution >= 0.6 is 0 Å². The van der Waals surface area contributed by atoms with Crippen LogP contribution in [0.15, 0.2) is 72.8 Å². The molecule has 3 rings (SSSR count). The number of hydrogen-bond donors (Lipinski definition) is 1. The van der Waals surface area contributed by atoms with Crippen molar-refractivity contribution in [3.05, 3.63) is 83.9 Å². The van der Waals surface area contributed by atoms with E-state index in [0.717, 1.165) is 6.54 Å². The molecule has 0 aromatic heterocycles. The molecule has 112 valence electrons. The topological polar surface area (TPSA) is 29.3 Å². The van der Waals surface area contributed by atoms with Gasteiger partial charge < -0.3 is 5.73 Å². The summed E-state index contributed by atoms with van der Waals surface area (Å²) in [7, 11) is 2.15. The Bertz CT molecular complexity index is 732. The number of hydrogen-bond acceptors (Lipinski definition) is 2. The average molecular weight is 290 g/mol. The highest BCUT2D eigenvalue weighted by atomic mass is 15.1. The third kappa shape index (κ3) is 3.03. The van der Waals surface area contributed by atoms with Crippen molar-refractivity contribution >= 4 is 10.8 Å². The Hall–Kier alpha value is -2.16. The van der Waals surface area contributed by atoms with Crippen molar-refractivity contribution in [1.82, 2.24) is 4.90 Å². The van der Waals surface area contributed by atoms with Gasteiger partial charge in [-0.25, -0.2) is 0 Å². The number of nitrogens with two attached hydrogens (primary N) is 1. The zero-order valence-corrected chi connectivity index (χ0v) is 12.9. The van der Waals surface area contributed by atoms with Gasteiger partial charge >= 0.3 is 0 Å². The third-order valence-corrected chi connectivity index (χ3v) is 4.21. The Kier molecular flexibility index (Phi) is 4.52. The van der Waals surface area contributed by atoms with Crippen LogP contribution in [0.3, 0.4) is 0 Å². The normalized spacial score (nSPS) is 12.7. The number of likely N-dealkylation sites (N-methyl/N-ethyl adjacent to an activating group) is 1. The monoisotopic (exact) mass is 290 g/mol. The Labute approximate surface area is 132 Å². The van der Waals surface area contributed by atoms with E-state index < -0.39 is 0 Å². The first-order valence-corrected chi connectivity index (χ1v) is 7.71. The Balaban J connectivity index is 1.92. The molecule has 0 amide bonds. The summed E-state index contributed by atoms with van der Waals surface area (Å²) in [6.45, 7) is 1.50. The molecule has 22 heavy (non-hydrogen) atoms. The molecule has 3 aromatic carbocycles. The minimum atomic E-state index is 0.214. The Morgan fingerprint density at radius 3 is 2.32 bits per heavy atom. The molecule has 2 N–H and O–H groups in total. The average Bonchev–Trinajstić information content (AvgIpc) is 2.57. The van der Waals surface area contributed by atoms with Crippen LogP contribution in [0.4, 0.5) is 0 Å². The first-order chi connectivity index (χ1) is 10.8. The van der Waals surface area contributed by atoms with Crippen molar-refractivity contribution in [3.63, 3.8) is 0 Å². The molecule has 0 bridgehead atoms. The van der Waals surface area contributed by atoms with E-state index >= 15 is 0 Å². The van der Waals surface area contributed by atoms with Crippen LogP contribution in [-0.4, -0.2) is 18.5 Å². The van der Waals surface area contributed by atoms with Gasteiger partial charge in [0.2, 0.25) is 0 Å². The molecular weight excluding hydrogens is 268 g/mol. The predicted molar refractivity (Wildman–Crippen MR) is 93.7 cm³/mol. The maximum Gasteiger partial charge on any atom is 0.0477 e. The molecule has 0 fully saturated rings. The molecule has 0 saturated carbocycles. The van der Waals surface area contributed by atoms with E-state index in [1.54, 1.807) is 0 Å². The lowest BCUT2D eigenvalue weighted by Crippen LogP contribution is -2.30. The summed E-state index contributed by atoms with van der Waals surface area (Å²) in [6, 6.07) is 25.7. The van der Waals surface area contributed by atoms with Crippen LogP contribution in [0.1, 0.15) is 17.2 Å². The van der Waals surface area contributed by atoms with Gasteiger partial charge in [0.05, 0.1) is 0 Å². The molecule has 0 aliphatic carbocycles. The summed E-state index contributed by atoms with van der Waals surface area (Å²) in [5.41, 5.74) is 8.72. The number of benzene rings is 3. The highest BCUT2D eigenvalue weighted by molar-refractivity contribution is 5.86. The van der Waals surface area contributed by atoms with E-state index in [9.17, 15) is 0 Å². The highest BCUT2D eigenvalue weighted by Gasteiger charge is 2.17. The van der Waals surface area contributed by atoms with Gasteiger partial charge in [-0.15, -0.1) is 0 Å². The van der Waals surface area contributed by atoms with Gasteiger partial charge in [-0.3, -0.25) is 4.90 Å². The predicted octanol–water partition coefficient (Wildman–Crippen LogP) is 3.97. The van der Waals surface area contributed by atoms with Crippen molar-refractivity contribution in [2.24, 2.45) is 5.73 Å². The first kappa shape index (κ1) is 14.8. The fraction of sp³-hybridized carbons (Fsp3) is 0.200. The maximum absolute atomic E-state index is 6.11. The maximum atomic E-state index is 6.11. The molecule has 0 radical (unpaired) electrons. The van der Waals surface area contributed by atoms with Gasteiger partial charge in [0, 0.05) is 19.1 Å². The van der Waals surface area contributed by atoms with Crippen LogP contribution in [0.5, 0.6) is 0 Å². The van der Waals surface area contributed by atoms with Gasteiger partial charge in [-0.2, -0.15) is 0 Å². The molecule has 0 spiro atoms. The molecule has 2 nitrogen and oxygen atoms in total. The second kappa shape index (κ2) is 6.73. The molecule has 0 aliphatic rings. The van der Waals surface area contributed by atoms with Crippen molar-refractivity contribution in [1.29, 1.82) is 0 Å². The Morgan fingerprint density at radius 2 is 1.55 bits per heavy atom.